The fourth-order valence-corrected chi connectivity index (χ4v) is 5.34. The molecule has 0 bridgehead atoms. The van der Waals surface area contributed by atoms with Gasteiger partial charge in [0, 0.05) is 19.2 Å². The molecule has 2 heterocycles. The molecule has 3 N–H and O–H groups in total. The molecule has 1 aromatic carbocycles. The van der Waals surface area contributed by atoms with Crippen molar-refractivity contribution < 1.29 is 14.3 Å². The zero-order valence-corrected chi connectivity index (χ0v) is 18.9. The van der Waals surface area contributed by atoms with Crippen LogP contribution in [0.15, 0.2) is 28.6 Å². The van der Waals surface area contributed by atoms with Crippen LogP contribution in [0.2, 0.25) is 0 Å². The molecule has 10 heteroatoms. The normalized spacial score (nSPS) is 18.8. The largest absolute Gasteiger partial charge is 0.376 e. The molecule has 1 saturated carbocycles. The Bertz CT molecular complexity index is 895. The van der Waals surface area contributed by atoms with Gasteiger partial charge in [-0.05, 0) is 37.8 Å². The second-order valence-electron chi connectivity index (χ2n) is 7.73. The number of amides is 2. The van der Waals surface area contributed by atoms with E-state index in [1.54, 1.807) is 18.2 Å². The Labute approximate surface area is 189 Å². The quantitative estimate of drug-likeness (QED) is 0.491. The molecule has 1 saturated heterocycles. The van der Waals surface area contributed by atoms with Gasteiger partial charge in [-0.2, -0.15) is 0 Å². The number of thioether (sulfide) groups is 1. The summed E-state index contributed by atoms with van der Waals surface area (Å²) in [4.78, 5) is 25.1. The summed E-state index contributed by atoms with van der Waals surface area (Å²) < 4.78 is 6.31. The van der Waals surface area contributed by atoms with Crippen LogP contribution in [0.5, 0.6) is 0 Å². The predicted octanol–water partition coefficient (Wildman–Crippen LogP) is 3.53. The van der Waals surface area contributed by atoms with Crippen molar-refractivity contribution in [2.24, 2.45) is 0 Å². The SMILES string of the molecule is O=C(CSc1nnc(NCC2CCCO2)s1)Nc1ccccc1C(=O)NC1CCCC1. The predicted molar refractivity (Wildman–Crippen MR) is 123 cm³/mol. The molecule has 1 aromatic heterocycles. The molecule has 2 fully saturated rings. The summed E-state index contributed by atoms with van der Waals surface area (Å²) in [7, 11) is 0. The lowest BCUT2D eigenvalue weighted by Gasteiger charge is -2.14. The van der Waals surface area contributed by atoms with Gasteiger partial charge >= 0.3 is 0 Å². The first-order valence-electron chi connectivity index (χ1n) is 10.7. The van der Waals surface area contributed by atoms with Gasteiger partial charge in [-0.15, -0.1) is 10.2 Å². The van der Waals surface area contributed by atoms with Crippen molar-refractivity contribution in [2.75, 3.05) is 29.5 Å². The molecule has 2 amide bonds. The Morgan fingerprint density at radius 2 is 1.97 bits per heavy atom. The van der Waals surface area contributed by atoms with Gasteiger partial charge in [0.1, 0.15) is 0 Å². The summed E-state index contributed by atoms with van der Waals surface area (Å²) in [5.74, 6) is -0.129. The monoisotopic (exact) mass is 461 g/mol. The average molecular weight is 462 g/mol. The van der Waals surface area contributed by atoms with Gasteiger partial charge in [-0.3, -0.25) is 9.59 Å². The van der Waals surface area contributed by atoms with E-state index in [4.69, 9.17) is 4.74 Å². The molecule has 2 aliphatic rings. The summed E-state index contributed by atoms with van der Waals surface area (Å²) in [6, 6.07) is 7.34. The number of benzene rings is 1. The summed E-state index contributed by atoms with van der Waals surface area (Å²) in [5, 5.41) is 18.2. The second kappa shape index (κ2) is 10.9. The van der Waals surface area contributed by atoms with Crippen LogP contribution in [0.3, 0.4) is 0 Å². The Morgan fingerprint density at radius 1 is 1.13 bits per heavy atom. The van der Waals surface area contributed by atoms with Crippen LogP contribution in [-0.4, -0.2) is 53.1 Å². The minimum Gasteiger partial charge on any atom is -0.376 e. The maximum atomic E-state index is 12.6. The number of rotatable bonds is 9. The summed E-state index contributed by atoms with van der Waals surface area (Å²) in [5.41, 5.74) is 1.02. The zero-order chi connectivity index (χ0) is 21.5. The van der Waals surface area contributed by atoms with Gasteiger partial charge < -0.3 is 20.7 Å². The lowest BCUT2D eigenvalue weighted by Crippen LogP contribution is -2.33. The Kier molecular flexibility index (Phi) is 7.76. The molecule has 8 nitrogen and oxygen atoms in total. The standard InChI is InChI=1S/C21H27N5O3S2/c27-18(13-30-21-26-25-20(31-21)22-12-15-8-5-11-29-15)24-17-10-4-3-9-16(17)19(28)23-14-6-1-2-7-14/h3-4,9-10,14-15H,1-2,5-8,11-13H2,(H,22,25)(H,23,28)(H,24,27). The van der Waals surface area contributed by atoms with Crippen molar-refractivity contribution in [1.82, 2.24) is 15.5 Å². The number of carbonyl (C=O) groups excluding carboxylic acids is 2. The molecule has 166 valence electrons. The Hall–Kier alpha value is -2.17. The van der Waals surface area contributed by atoms with E-state index in [2.05, 4.69) is 26.1 Å². The van der Waals surface area contributed by atoms with E-state index in [1.165, 1.54) is 23.1 Å². The first kappa shape index (κ1) is 22.0. The molecule has 1 aliphatic carbocycles. The molecule has 31 heavy (non-hydrogen) atoms. The van der Waals surface area contributed by atoms with Crippen LogP contribution in [0.4, 0.5) is 10.8 Å². The van der Waals surface area contributed by atoms with E-state index in [0.717, 1.165) is 61.1 Å². The number of hydrogen-bond donors (Lipinski definition) is 3. The fourth-order valence-electron chi connectivity index (χ4n) is 3.78. The minimum absolute atomic E-state index is 0.137. The van der Waals surface area contributed by atoms with Crippen LogP contribution >= 0.6 is 23.1 Å². The van der Waals surface area contributed by atoms with Crippen LogP contribution in [0.25, 0.3) is 0 Å². The summed E-state index contributed by atoms with van der Waals surface area (Å²) in [6.07, 6.45) is 6.73. The fraction of sp³-hybridized carbons (Fsp3) is 0.524. The maximum absolute atomic E-state index is 12.6. The van der Waals surface area contributed by atoms with Crippen molar-refractivity contribution in [2.45, 2.75) is 55.0 Å². The third-order valence-corrected chi connectivity index (χ3v) is 7.39. The van der Waals surface area contributed by atoms with Crippen molar-refractivity contribution in [3.05, 3.63) is 29.8 Å². The molecule has 4 rings (SSSR count). The number of nitrogens with one attached hydrogen (secondary N) is 3. The zero-order valence-electron chi connectivity index (χ0n) is 17.3. The van der Waals surface area contributed by atoms with Crippen LogP contribution in [-0.2, 0) is 9.53 Å². The van der Waals surface area contributed by atoms with Crippen molar-refractivity contribution in [3.63, 3.8) is 0 Å². The molecule has 1 atom stereocenters. The van der Waals surface area contributed by atoms with E-state index in [0.29, 0.717) is 11.3 Å². The van der Waals surface area contributed by atoms with E-state index in [1.807, 2.05) is 6.07 Å². The minimum atomic E-state index is -0.185. The first-order chi connectivity index (χ1) is 15.2. The van der Waals surface area contributed by atoms with Crippen LogP contribution in [0.1, 0.15) is 48.9 Å². The summed E-state index contributed by atoms with van der Waals surface area (Å²) >= 11 is 2.75. The number of ether oxygens (including phenoxy) is 1. The number of anilines is 2. The molecule has 0 radical (unpaired) electrons. The third kappa shape index (κ3) is 6.41. The Balaban J connectivity index is 1.26. The van der Waals surface area contributed by atoms with Gasteiger partial charge in [0.15, 0.2) is 4.34 Å². The number of nitrogens with zero attached hydrogens (tertiary/aromatic N) is 2. The smallest absolute Gasteiger partial charge is 0.253 e. The van der Waals surface area contributed by atoms with Crippen LogP contribution in [0, 0.1) is 0 Å². The Morgan fingerprint density at radius 3 is 2.77 bits per heavy atom. The highest BCUT2D eigenvalue weighted by Gasteiger charge is 2.20. The first-order valence-corrected chi connectivity index (χ1v) is 12.5. The highest BCUT2D eigenvalue weighted by Crippen LogP contribution is 2.26. The average Bonchev–Trinajstić information content (AvgIpc) is 3.54. The molecular weight excluding hydrogens is 434 g/mol. The second-order valence-corrected chi connectivity index (χ2v) is 9.93. The van der Waals surface area contributed by atoms with Gasteiger partial charge in [0.2, 0.25) is 11.0 Å². The van der Waals surface area contributed by atoms with E-state index in [9.17, 15) is 9.59 Å². The van der Waals surface area contributed by atoms with Gasteiger partial charge in [-0.1, -0.05) is 48.1 Å². The van der Waals surface area contributed by atoms with Crippen molar-refractivity contribution in [1.29, 1.82) is 0 Å². The van der Waals surface area contributed by atoms with Crippen molar-refractivity contribution in [3.8, 4) is 0 Å². The molecule has 1 aliphatic heterocycles. The van der Waals surface area contributed by atoms with Gasteiger partial charge in [-0.25, -0.2) is 0 Å². The highest BCUT2D eigenvalue weighted by atomic mass is 32.2. The lowest BCUT2D eigenvalue weighted by molar-refractivity contribution is -0.113. The van der Waals surface area contributed by atoms with Crippen LogP contribution < -0.4 is 16.0 Å². The number of aromatic nitrogens is 2. The van der Waals surface area contributed by atoms with E-state index in [-0.39, 0.29) is 29.7 Å². The van der Waals surface area contributed by atoms with E-state index >= 15 is 0 Å². The van der Waals surface area contributed by atoms with Crippen molar-refractivity contribution >= 4 is 45.7 Å². The molecule has 2 aromatic rings. The third-order valence-electron chi connectivity index (χ3n) is 5.37. The van der Waals surface area contributed by atoms with E-state index < -0.39 is 0 Å². The highest BCUT2D eigenvalue weighted by molar-refractivity contribution is 8.01. The number of carbonyl (C=O) groups is 2. The van der Waals surface area contributed by atoms with Gasteiger partial charge in [0.25, 0.3) is 5.91 Å². The molecular formula is C21H27N5O3S2. The number of para-hydroxylation sites is 1. The number of hydrogen-bond acceptors (Lipinski definition) is 8. The lowest BCUT2D eigenvalue weighted by atomic mass is 10.1. The summed E-state index contributed by atoms with van der Waals surface area (Å²) in [6.45, 7) is 1.55. The topological polar surface area (TPSA) is 105 Å². The molecule has 0 spiro atoms. The molecule has 1 unspecified atom stereocenters. The van der Waals surface area contributed by atoms with Gasteiger partial charge in [0.05, 0.1) is 23.1 Å². The maximum Gasteiger partial charge on any atom is 0.253 e.